The Labute approximate surface area is 95.4 Å². The first-order valence-electron chi connectivity index (χ1n) is 5.33. The maximum Gasteiger partial charge on any atom is 0.514 e. The summed E-state index contributed by atoms with van der Waals surface area (Å²) in [4.78, 5) is 11.3. The monoisotopic (exact) mass is 223 g/mol. The van der Waals surface area contributed by atoms with E-state index < -0.39 is 11.2 Å². The number of hydrogen-bond acceptors (Lipinski definition) is 3. The molecule has 0 saturated heterocycles. The minimum Gasteiger partial charge on any atom is -0.624 e. The number of amides is 1. The zero-order valence-corrected chi connectivity index (χ0v) is 9.60. The summed E-state index contributed by atoms with van der Waals surface area (Å²) in [6.45, 7) is 4.18. The van der Waals surface area contributed by atoms with Crippen LogP contribution in [0, 0.1) is 11.1 Å². The Morgan fingerprint density at radius 3 is 2.56 bits per heavy atom. The fourth-order valence-electron chi connectivity index (χ4n) is 1.26. The van der Waals surface area contributed by atoms with Crippen molar-refractivity contribution in [2.45, 2.75) is 20.5 Å². The first-order chi connectivity index (χ1) is 7.59. The normalized spacial score (nSPS) is 12.5. The molecule has 1 aromatic carbocycles. The maximum absolute atomic E-state index is 11.3. The smallest absolute Gasteiger partial charge is 0.514 e. The van der Waals surface area contributed by atoms with Crippen molar-refractivity contribution in [1.82, 2.24) is 0 Å². The fourth-order valence-corrected chi connectivity index (χ4v) is 1.26. The Kier molecular flexibility index (Phi) is 4.95. The number of hydroxylamine groups is 2. The van der Waals surface area contributed by atoms with Crippen LogP contribution in [0.1, 0.15) is 19.4 Å². The summed E-state index contributed by atoms with van der Waals surface area (Å²) >= 11 is 0. The van der Waals surface area contributed by atoms with Gasteiger partial charge in [-0.25, -0.2) is 0 Å². The molecule has 1 aromatic rings. The molecule has 4 nitrogen and oxygen atoms in total. The van der Waals surface area contributed by atoms with E-state index in [0.29, 0.717) is 0 Å². The van der Waals surface area contributed by atoms with Crippen LogP contribution in [0.4, 0.5) is 4.79 Å². The molecule has 0 heterocycles. The van der Waals surface area contributed by atoms with Crippen LogP contribution >= 0.6 is 0 Å². The zero-order chi connectivity index (χ0) is 12.0. The number of rotatable bonds is 4. The summed E-state index contributed by atoms with van der Waals surface area (Å²) in [5.41, 5.74) is 0.883. The predicted octanol–water partition coefficient (Wildman–Crippen LogP) is 1.36. The second kappa shape index (κ2) is 6.25. The largest absolute Gasteiger partial charge is 0.624 e. The topological polar surface area (TPSA) is 53.8 Å². The number of ether oxygens (including phenoxy) is 1. The Bertz CT molecular complexity index is 324. The minimum atomic E-state index is -0.738. The second-order valence-corrected chi connectivity index (χ2v) is 4.08. The molecule has 1 amide bonds. The van der Waals surface area contributed by atoms with Crippen LogP contribution < -0.4 is 5.06 Å². The van der Waals surface area contributed by atoms with Gasteiger partial charge < -0.3 is 9.94 Å². The van der Waals surface area contributed by atoms with E-state index in [1.165, 1.54) is 0 Å². The Morgan fingerprint density at radius 2 is 2.00 bits per heavy atom. The highest BCUT2D eigenvalue weighted by Crippen LogP contribution is 1.99. The van der Waals surface area contributed by atoms with Gasteiger partial charge in [-0.3, -0.25) is 5.06 Å². The molecule has 0 spiro atoms. The molecule has 1 rings (SSSR count). The molecule has 0 aliphatic carbocycles. The van der Waals surface area contributed by atoms with E-state index in [-0.39, 0.29) is 19.1 Å². The summed E-state index contributed by atoms with van der Waals surface area (Å²) in [7, 11) is 0. The number of alkyl carbamates (subject to hydrolysis) is 1. The van der Waals surface area contributed by atoms with E-state index in [9.17, 15) is 10.0 Å². The number of nitrogens with one attached hydrogen (secondary N) is 1. The van der Waals surface area contributed by atoms with Gasteiger partial charge in [0.05, 0.1) is 6.54 Å². The summed E-state index contributed by atoms with van der Waals surface area (Å²) in [6.07, 6.45) is -0.738. The van der Waals surface area contributed by atoms with E-state index in [4.69, 9.17) is 4.74 Å². The molecule has 1 atom stereocenters. The molecule has 0 aliphatic rings. The van der Waals surface area contributed by atoms with Gasteiger partial charge in [-0.2, -0.15) is 4.79 Å². The molecule has 0 bridgehead atoms. The van der Waals surface area contributed by atoms with Gasteiger partial charge in [-0.05, 0) is 5.56 Å². The lowest BCUT2D eigenvalue weighted by atomic mass is 10.2. The Morgan fingerprint density at radius 1 is 1.38 bits per heavy atom. The molecule has 4 heteroatoms. The van der Waals surface area contributed by atoms with Gasteiger partial charge in [0.2, 0.25) is 0 Å². The molecule has 0 aliphatic heterocycles. The minimum absolute atomic E-state index is 0.156. The molecular formula is C12H17NO3. The van der Waals surface area contributed by atoms with Crippen molar-refractivity contribution in [1.29, 1.82) is 0 Å². The van der Waals surface area contributed by atoms with Gasteiger partial charge >= 0.3 is 6.09 Å². The third kappa shape index (κ3) is 4.42. The van der Waals surface area contributed by atoms with Gasteiger partial charge in [0.1, 0.15) is 6.61 Å². The molecule has 0 radical (unpaired) electrons. The Hall–Kier alpha value is -1.39. The number of carbonyl (C=O) groups is 1. The maximum atomic E-state index is 11.3. The first-order valence-corrected chi connectivity index (χ1v) is 5.33. The lowest BCUT2D eigenvalue weighted by Gasteiger charge is -2.20. The van der Waals surface area contributed by atoms with Crippen LogP contribution in [0.2, 0.25) is 0 Å². The van der Waals surface area contributed by atoms with Crippen molar-refractivity contribution in [2.24, 2.45) is 5.92 Å². The molecular weight excluding hydrogens is 206 g/mol. The van der Waals surface area contributed by atoms with Crippen molar-refractivity contribution in [2.75, 3.05) is 6.54 Å². The van der Waals surface area contributed by atoms with Crippen LogP contribution in [-0.4, -0.2) is 12.6 Å². The molecule has 0 saturated carbocycles. The average Bonchev–Trinajstić information content (AvgIpc) is 2.26. The van der Waals surface area contributed by atoms with E-state index in [0.717, 1.165) is 5.56 Å². The van der Waals surface area contributed by atoms with Gasteiger partial charge in [-0.15, -0.1) is 0 Å². The molecule has 1 unspecified atom stereocenters. The highest BCUT2D eigenvalue weighted by molar-refractivity contribution is 5.57. The summed E-state index contributed by atoms with van der Waals surface area (Å²) in [6, 6.07) is 9.30. The van der Waals surface area contributed by atoms with Crippen molar-refractivity contribution >= 4 is 6.09 Å². The average molecular weight is 223 g/mol. The van der Waals surface area contributed by atoms with Gasteiger partial charge in [0, 0.05) is 5.92 Å². The van der Waals surface area contributed by atoms with Crippen LogP contribution in [-0.2, 0) is 11.3 Å². The van der Waals surface area contributed by atoms with E-state index in [1.807, 2.05) is 44.2 Å². The number of benzene rings is 1. The van der Waals surface area contributed by atoms with Crippen LogP contribution in [0.5, 0.6) is 0 Å². The van der Waals surface area contributed by atoms with Crippen molar-refractivity contribution in [3.05, 3.63) is 41.1 Å². The van der Waals surface area contributed by atoms with Crippen molar-refractivity contribution in [3.63, 3.8) is 0 Å². The van der Waals surface area contributed by atoms with Crippen LogP contribution in [0.25, 0.3) is 0 Å². The molecule has 0 aromatic heterocycles. The molecule has 1 N–H and O–H groups in total. The highest BCUT2D eigenvalue weighted by Gasteiger charge is 2.13. The molecule has 88 valence electrons. The lowest BCUT2D eigenvalue weighted by molar-refractivity contribution is -0.772. The third-order valence-corrected chi connectivity index (χ3v) is 2.03. The SMILES string of the molecule is CC(C)C[NH+]([O-])C(=O)OCc1ccccc1. The van der Waals surface area contributed by atoms with E-state index in [2.05, 4.69) is 0 Å². The highest BCUT2D eigenvalue weighted by atomic mass is 16.6. The number of carbonyl (C=O) groups excluding carboxylic acids is 1. The van der Waals surface area contributed by atoms with Crippen LogP contribution in [0.15, 0.2) is 30.3 Å². The lowest BCUT2D eigenvalue weighted by Crippen LogP contribution is -3.10. The quantitative estimate of drug-likeness (QED) is 0.784. The number of hydrogen-bond donors (Lipinski definition) is 1. The zero-order valence-electron chi connectivity index (χ0n) is 9.60. The summed E-state index contributed by atoms with van der Waals surface area (Å²) in [5.74, 6) is 0.178. The number of quaternary nitrogens is 1. The molecule has 0 fully saturated rings. The standard InChI is InChI=1S/C12H17NO3/c1-10(2)8-13(15)12(14)16-9-11-6-4-3-5-7-11/h3-7,10,13H,8-9H2,1-2H3. The van der Waals surface area contributed by atoms with E-state index in [1.54, 1.807) is 0 Å². The first kappa shape index (κ1) is 12.7. The van der Waals surface area contributed by atoms with Crippen LogP contribution in [0.3, 0.4) is 0 Å². The van der Waals surface area contributed by atoms with Gasteiger partial charge in [0.25, 0.3) is 0 Å². The van der Waals surface area contributed by atoms with Crippen molar-refractivity contribution in [3.8, 4) is 0 Å². The van der Waals surface area contributed by atoms with Gasteiger partial charge in [0.15, 0.2) is 0 Å². The van der Waals surface area contributed by atoms with E-state index >= 15 is 0 Å². The van der Waals surface area contributed by atoms with Crippen molar-refractivity contribution < 1.29 is 14.6 Å². The molecule has 16 heavy (non-hydrogen) atoms. The summed E-state index contributed by atoms with van der Waals surface area (Å²) < 4.78 is 4.90. The predicted molar refractivity (Wildman–Crippen MR) is 60.7 cm³/mol. The Balaban J connectivity index is 2.35. The second-order valence-electron chi connectivity index (χ2n) is 4.08. The fraction of sp³-hybridized carbons (Fsp3) is 0.417. The summed E-state index contributed by atoms with van der Waals surface area (Å²) in [5, 5.41) is 10.8. The van der Waals surface area contributed by atoms with Gasteiger partial charge in [-0.1, -0.05) is 44.2 Å². The third-order valence-electron chi connectivity index (χ3n) is 2.03.